The summed E-state index contributed by atoms with van der Waals surface area (Å²) >= 11 is 0. The second-order valence-corrected chi connectivity index (χ2v) is 5.30. The predicted octanol–water partition coefficient (Wildman–Crippen LogP) is 0.980. The van der Waals surface area contributed by atoms with Crippen molar-refractivity contribution in [2.45, 2.75) is 6.92 Å². The van der Waals surface area contributed by atoms with Crippen LogP contribution in [0.3, 0.4) is 0 Å². The first-order valence-corrected chi connectivity index (χ1v) is 7.45. The summed E-state index contributed by atoms with van der Waals surface area (Å²) in [6, 6.07) is 17.3. The fraction of sp³-hybridized carbons (Fsp3) is 0.111. The number of aromatic nitrogens is 4. The number of benzene rings is 2. The lowest BCUT2D eigenvalue weighted by molar-refractivity contribution is -0.737. The number of carbonyl (C=O) groups is 1. The third kappa shape index (κ3) is 2.81. The van der Waals surface area contributed by atoms with Gasteiger partial charge >= 0.3 is 0 Å². The molecule has 0 radical (unpaired) electrons. The predicted molar refractivity (Wildman–Crippen MR) is 86.3 cm³/mol. The van der Waals surface area contributed by atoms with Gasteiger partial charge in [-0.05, 0) is 5.56 Å². The van der Waals surface area contributed by atoms with E-state index in [2.05, 4.69) is 10.4 Å². The topological polar surface area (TPSA) is 74.7 Å². The molecule has 0 amide bonds. The van der Waals surface area contributed by atoms with E-state index in [0.29, 0.717) is 17.0 Å². The van der Waals surface area contributed by atoms with Gasteiger partial charge in [0.1, 0.15) is 5.21 Å². The number of Topliss-reactive ketones (excluding diaryl/α,β-unsaturated/α-hetero) is 1. The molecule has 6 nitrogen and oxygen atoms in total. The highest BCUT2D eigenvalue weighted by atomic mass is 16.3. The summed E-state index contributed by atoms with van der Waals surface area (Å²) < 4.78 is 2.81. The number of ketones is 1. The normalized spacial score (nSPS) is 11.9. The molecule has 0 saturated carbocycles. The van der Waals surface area contributed by atoms with Crippen LogP contribution < -0.4 is 9.79 Å². The molecule has 2 aromatic carbocycles. The van der Waals surface area contributed by atoms with Gasteiger partial charge in [0.2, 0.25) is 5.78 Å². The maximum atomic E-state index is 13.0. The Kier molecular flexibility index (Phi) is 4.20. The van der Waals surface area contributed by atoms with Crippen LogP contribution >= 0.6 is 0 Å². The number of hydrogen-bond acceptors (Lipinski definition) is 4. The molecular formula is C18H16N4O2. The molecule has 0 bridgehead atoms. The number of carbonyl (C=O) groups excluding carboxylic acids is 1. The monoisotopic (exact) mass is 320 g/mol. The minimum atomic E-state index is -0.391. The van der Waals surface area contributed by atoms with Crippen molar-refractivity contribution >= 4 is 17.2 Å². The van der Waals surface area contributed by atoms with Crippen LogP contribution in [0.2, 0.25) is 0 Å². The Balaban J connectivity index is 2.22. The van der Waals surface area contributed by atoms with E-state index in [4.69, 9.17) is 0 Å². The Hall–Kier alpha value is -3.28. The first kappa shape index (κ1) is 15.6. The van der Waals surface area contributed by atoms with Crippen LogP contribution in [0.1, 0.15) is 21.7 Å². The van der Waals surface area contributed by atoms with Crippen LogP contribution in [0.25, 0.3) is 11.5 Å². The van der Waals surface area contributed by atoms with Gasteiger partial charge in [-0.15, -0.1) is 4.68 Å². The van der Waals surface area contributed by atoms with Gasteiger partial charge in [-0.25, -0.2) is 0 Å². The van der Waals surface area contributed by atoms with E-state index in [-0.39, 0.29) is 5.70 Å². The Labute approximate surface area is 139 Å². The molecule has 120 valence electrons. The molecule has 3 rings (SSSR count). The molecule has 1 heterocycles. The van der Waals surface area contributed by atoms with Crippen LogP contribution in [0.15, 0.2) is 60.7 Å². The van der Waals surface area contributed by atoms with E-state index in [0.717, 1.165) is 0 Å². The molecule has 0 aliphatic heterocycles. The van der Waals surface area contributed by atoms with Crippen molar-refractivity contribution < 1.29 is 14.6 Å². The number of nitrogens with zero attached hydrogens (tertiary/aromatic N) is 4. The third-order valence-electron chi connectivity index (χ3n) is 3.75. The zero-order valence-corrected chi connectivity index (χ0v) is 13.4. The second-order valence-electron chi connectivity index (χ2n) is 5.30. The third-order valence-corrected chi connectivity index (χ3v) is 3.75. The Bertz CT molecular complexity index is 899. The lowest BCUT2D eigenvalue weighted by Gasteiger charge is -2.15. The Morgan fingerprint density at radius 2 is 1.54 bits per heavy atom. The molecule has 6 heteroatoms. The second kappa shape index (κ2) is 6.45. The molecule has 3 aromatic rings. The molecule has 24 heavy (non-hydrogen) atoms. The smallest absolute Gasteiger partial charge is 0.259 e. The van der Waals surface area contributed by atoms with Crippen molar-refractivity contribution in [3.8, 4) is 0 Å². The zero-order valence-electron chi connectivity index (χ0n) is 13.4. The van der Waals surface area contributed by atoms with E-state index in [1.165, 1.54) is 9.36 Å². The lowest BCUT2D eigenvalue weighted by atomic mass is 10.0. The van der Waals surface area contributed by atoms with Crippen molar-refractivity contribution in [1.29, 1.82) is 0 Å². The van der Waals surface area contributed by atoms with Gasteiger partial charge in [0.15, 0.2) is 10.9 Å². The largest absolute Gasteiger partial charge is 0.870 e. The average Bonchev–Trinajstić information content (AvgIpc) is 2.96. The maximum absolute atomic E-state index is 13.0. The zero-order chi connectivity index (χ0) is 17.1. The summed E-state index contributed by atoms with van der Waals surface area (Å²) in [5.41, 5.74) is 0.807. The number of tetrazole rings is 1. The van der Waals surface area contributed by atoms with Crippen molar-refractivity contribution in [2.24, 2.45) is 7.05 Å². The van der Waals surface area contributed by atoms with Crippen LogP contribution in [0.5, 0.6) is 0 Å². The molecule has 0 atom stereocenters. The molecule has 0 unspecified atom stereocenters. The van der Waals surface area contributed by atoms with E-state index < -0.39 is 11.5 Å². The molecule has 0 spiro atoms. The van der Waals surface area contributed by atoms with Gasteiger partial charge in [-0.1, -0.05) is 71.1 Å². The highest BCUT2D eigenvalue weighted by molar-refractivity contribution is 6.28. The van der Waals surface area contributed by atoms with Crippen LogP contribution in [-0.2, 0) is 7.05 Å². The van der Waals surface area contributed by atoms with Crippen LogP contribution in [0.4, 0.5) is 0 Å². The van der Waals surface area contributed by atoms with Crippen molar-refractivity contribution in [1.82, 2.24) is 15.1 Å². The maximum Gasteiger partial charge on any atom is 0.259 e. The number of allylic oxidation sites excluding steroid dienone is 1. The quantitative estimate of drug-likeness (QED) is 0.311. The standard InChI is InChI=1S/C18H16N4O2/c1-13-21(2)19-20-22(13)16(17(23)14-9-5-3-6-10-14)18(24)15-11-7-4-8-12-15/h3-12H,1-2H3. The molecule has 0 fully saturated rings. The van der Waals surface area contributed by atoms with Gasteiger partial charge in [0, 0.05) is 12.5 Å². The van der Waals surface area contributed by atoms with E-state index in [9.17, 15) is 9.90 Å². The number of aryl methyl sites for hydroxylation is 1. The lowest BCUT2D eigenvalue weighted by Crippen LogP contribution is -2.34. The van der Waals surface area contributed by atoms with Crippen molar-refractivity contribution in [3.63, 3.8) is 0 Å². The first-order chi connectivity index (χ1) is 11.6. The Morgan fingerprint density at radius 3 is 2.04 bits per heavy atom. The van der Waals surface area contributed by atoms with Gasteiger partial charge in [0.05, 0.1) is 7.05 Å². The number of hydrogen-bond donors (Lipinski definition) is 0. The fourth-order valence-corrected chi connectivity index (χ4v) is 2.32. The minimum Gasteiger partial charge on any atom is -0.870 e. The van der Waals surface area contributed by atoms with E-state index in [1.807, 2.05) is 12.1 Å². The summed E-state index contributed by atoms with van der Waals surface area (Å²) in [6.45, 7) is 1.75. The minimum absolute atomic E-state index is 0.0435. The van der Waals surface area contributed by atoms with Gasteiger partial charge in [-0.3, -0.25) is 4.79 Å². The highest BCUT2D eigenvalue weighted by Crippen LogP contribution is 2.21. The van der Waals surface area contributed by atoms with Crippen molar-refractivity contribution in [3.05, 3.63) is 77.6 Å². The SMILES string of the molecule is Cc1n(/C(C(=O)c2ccccc2)=C(\[O-])c2ccccc2)nn[n+]1C. The van der Waals surface area contributed by atoms with Crippen LogP contribution in [-0.4, -0.2) is 20.9 Å². The highest BCUT2D eigenvalue weighted by Gasteiger charge is 2.26. The summed E-state index contributed by atoms with van der Waals surface area (Å²) in [5.74, 6) is -0.199. The van der Waals surface area contributed by atoms with Crippen molar-refractivity contribution in [2.75, 3.05) is 0 Å². The van der Waals surface area contributed by atoms with Crippen LogP contribution in [0, 0.1) is 6.92 Å². The molecule has 0 saturated heterocycles. The van der Waals surface area contributed by atoms with E-state index in [1.54, 1.807) is 62.5 Å². The summed E-state index contributed by atoms with van der Waals surface area (Å²) in [6.07, 6.45) is 0. The molecule has 0 aliphatic rings. The van der Waals surface area contributed by atoms with E-state index >= 15 is 0 Å². The summed E-state index contributed by atoms with van der Waals surface area (Å²) in [5, 5.41) is 20.8. The summed E-state index contributed by atoms with van der Waals surface area (Å²) in [4.78, 5) is 13.0. The Morgan fingerprint density at radius 1 is 1.00 bits per heavy atom. The fourth-order valence-electron chi connectivity index (χ4n) is 2.32. The van der Waals surface area contributed by atoms with Gasteiger partial charge in [-0.2, -0.15) is 0 Å². The molecule has 0 N–H and O–H groups in total. The molecule has 1 aromatic heterocycles. The summed E-state index contributed by atoms with van der Waals surface area (Å²) in [7, 11) is 1.70. The average molecular weight is 320 g/mol. The first-order valence-electron chi connectivity index (χ1n) is 7.45. The number of rotatable bonds is 4. The van der Waals surface area contributed by atoms with Gasteiger partial charge < -0.3 is 5.11 Å². The molecule has 0 aliphatic carbocycles. The molecular weight excluding hydrogens is 304 g/mol. The van der Waals surface area contributed by atoms with Gasteiger partial charge in [0.25, 0.3) is 5.82 Å².